The highest BCUT2D eigenvalue weighted by Crippen LogP contribution is 2.30. The Kier molecular flexibility index (Phi) is 3.19. The number of hydrogen-bond donors (Lipinski definition) is 1. The van der Waals surface area contributed by atoms with Crippen LogP contribution in [0, 0.1) is 0 Å². The minimum absolute atomic E-state index is 0.148. The zero-order valence-corrected chi connectivity index (χ0v) is 12.1. The number of likely N-dealkylation sites (tertiary alicyclic amines) is 1. The summed E-state index contributed by atoms with van der Waals surface area (Å²) in [5.74, 6) is 0.857. The molecule has 8 nitrogen and oxygen atoms in total. The van der Waals surface area contributed by atoms with Crippen LogP contribution >= 0.6 is 11.6 Å². The third kappa shape index (κ3) is 2.81. The maximum atomic E-state index is 5.97. The summed E-state index contributed by atoms with van der Waals surface area (Å²) in [5.41, 5.74) is 0. The van der Waals surface area contributed by atoms with Crippen molar-refractivity contribution in [2.45, 2.75) is 31.3 Å². The van der Waals surface area contributed by atoms with E-state index in [1.165, 1.54) is 30.2 Å². The molecule has 3 heterocycles. The predicted molar refractivity (Wildman–Crippen MR) is 76.4 cm³/mol. The van der Waals surface area contributed by atoms with Crippen LogP contribution in [0.4, 0.5) is 5.95 Å². The van der Waals surface area contributed by atoms with Crippen LogP contribution in [-0.2, 0) is 0 Å². The number of rotatable bonds is 4. The van der Waals surface area contributed by atoms with Crippen molar-refractivity contribution in [3.63, 3.8) is 0 Å². The van der Waals surface area contributed by atoms with E-state index in [9.17, 15) is 0 Å². The molecule has 2 aliphatic rings. The normalized spacial score (nSPS) is 22.6. The van der Waals surface area contributed by atoms with Crippen molar-refractivity contribution in [3.8, 4) is 5.95 Å². The van der Waals surface area contributed by atoms with E-state index in [0.717, 1.165) is 25.6 Å². The highest BCUT2D eigenvalue weighted by molar-refractivity contribution is 6.28. The maximum absolute atomic E-state index is 5.97. The van der Waals surface area contributed by atoms with E-state index in [4.69, 9.17) is 11.6 Å². The molecule has 1 aliphatic heterocycles. The topological polar surface area (TPSA) is 84.7 Å². The van der Waals surface area contributed by atoms with Gasteiger partial charge in [0.2, 0.25) is 11.2 Å². The van der Waals surface area contributed by atoms with Gasteiger partial charge in [-0.05, 0) is 30.9 Å². The van der Waals surface area contributed by atoms with E-state index in [1.54, 1.807) is 0 Å². The van der Waals surface area contributed by atoms with Gasteiger partial charge in [-0.2, -0.15) is 24.7 Å². The summed E-state index contributed by atoms with van der Waals surface area (Å²) < 4.78 is 1.46. The van der Waals surface area contributed by atoms with Crippen molar-refractivity contribution in [1.29, 1.82) is 0 Å². The SMILES string of the molecule is Clc1nc(NC2CCN(C3CC3)C2)nc(-n2cncn2)n1. The van der Waals surface area contributed by atoms with Crippen molar-refractivity contribution in [1.82, 2.24) is 34.6 Å². The molecule has 110 valence electrons. The van der Waals surface area contributed by atoms with Crippen LogP contribution in [0.1, 0.15) is 19.3 Å². The fourth-order valence-electron chi connectivity index (χ4n) is 2.68. The molecule has 9 heteroatoms. The predicted octanol–water partition coefficient (Wildman–Crippen LogP) is 0.754. The second kappa shape index (κ2) is 5.19. The Hall–Kier alpha value is -1.80. The molecule has 0 radical (unpaired) electrons. The van der Waals surface area contributed by atoms with Gasteiger partial charge in [0.25, 0.3) is 5.95 Å². The summed E-state index contributed by atoms with van der Waals surface area (Å²) >= 11 is 5.97. The zero-order valence-electron chi connectivity index (χ0n) is 11.4. The first-order valence-electron chi connectivity index (χ1n) is 7.05. The molecule has 2 aromatic heterocycles. The van der Waals surface area contributed by atoms with Crippen molar-refractivity contribution >= 4 is 17.5 Å². The van der Waals surface area contributed by atoms with Crippen molar-refractivity contribution in [3.05, 3.63) is 17.9 Å². The molecule has 1 atom stereocenters. The summed E-state index contributed by atoms with van der Waals surface area (Å²) in [6.07, 6.45) is 6.72. The maximum Gasteiger partial charge on any atom is 0.258 e. The Bertz CT molecular complexity index is 626. The molecule has 1 saturated heterocycles. The first-order valence-corrected chi connectivity index (χ1v) is 7.43. The van der Waals surface area contributed by atoms with Crippen LogP contribution in [0.2, 0.25) is 5.28 Å². The summed E-state index contributed by atoms with van der Waals surface area (Å²) in [4.78, 5) is 19.0. The smallest absolute Gasteiger partial charge is 0.258 e. The molecule has 4 rings (SSSR count). The summed E-state index contributed by atoms with van der Waals surface area (Å²) in [6.45, 7) is 2.17. The van der Waals surface area contributed by atoms with Crippen molar-refractivity contribution in [2.75, 3.05) is 18.4 Å². The van der Waals surface area contributed by atoms with Crippen molar-refractivity contribution in [2.24, 2.45) is 0 Å². The van der Waals surface area contributed by atoms with Crippen LogP contribution in [0.5, 0.6) is 0 Å². The monoisotopic (exact) mass is 306 g/mol. The Morgan fingerprint density at radius 2 is 2.10 bits per heavy atom. The Balaban J connectivity index is 1.50. The zero-order chi connectivity index (χ0) is 14.2. The largest absolute Gasteiger partial charge is 0.350 e. The lowest BCUT2D eigenvalue weighted by molar-refractivity contribution is 0.326. The number of aromatic nitrogens is 6. The second-order valence-electron chi connectivity index (χ2n) is 5.42. The number of halogens is 1. The molecule has 1 unspecified atom stereocenters. The third-order valence-electron chi connectivity index (χ3n) is 3.84. The molecule has 0 spiro atoms. The van der Waals surface area contributed by atoms with Crippen LogP contribution in [0.15, 0.2) is 12.7 Å². The lowest BCUT2D eigenvalue weighted by atomic mass is 10.3. The van der Waals surface area contributed by atoms with E-state index in [-0.39, 0.29) is 5.28 Å². The lowest BCUT2D eigenvalue weighted by Gasteiger charge is -2.15. The van der Waals surface area contributed by atoms with Gasteiger partial charge in [-0.3, -0.25) is 4.90 Å². The minimum Gasteiger partial charge on any atom is -0.350 e. The van der Waals surface area contributed by atoms with Gasteiger partial charge in [0.15, 0.2) is 0 Å². The Morgan fingerprint density at radius 1 is 1.19 bits per heavy atom. The molecule has 1 aliphatic carbocycles. The fraction of sp³-hybridized carbons (Fsp3) is 0.583. The molecular weight excluding hydrogens is 292 g/mol. The first-order chi connectivity index (χ1) is 10.3. The highest BCUT2D eigenvalue weighted by atomic mass is 35.5. The van der Waals surface area contributed by atoms with Crippen molar-refractivity contribution < 1.29 is 0 Å². The molecule has 2 aromatic rings. The van der Waals surface area contributed by atoms with Crippen LogP contribution in [0.3, 0.4) is 0 Å². The first kappa shape index (κ1) is 12.9. The van der Waals surface area contributed by atoms with Gasteiger partial charge in [0.05, 0.1) is 0 Å². The Morgan fingerprint density at radius 3 is 2.86 bits per heavy atom. The van der Waals surface area contributed by atoms with Gasteiger partial charge in [-0.1, -0.05) is 0 Å². The molecule has 0 bridgehead atoms. The van der Waals surface area contributed by atoms with Gasteiger partial charge < -0.3 is 5.32 Å². The minimum atomic E-state index is 0.148. The summed E-state index contributed by atoms with van der Waals surface area (Å²) in [7, 11) is 0. The fourth-order valence-corrected chi connectivity index (χ4v) is 2.83. The van der Waals surface area contributed by atoms with Gasteiger partial charge >= 0.3 is 0 Å². The number of nitrogens with one attached hydrogen (secondary N) is 1. The quantitative estimate of drug-likeness (QED) is 0.892. The lowest BCUT2D eigenvalue weighted by Crippen LogP contribution is -2.28. The van der Waals surface area contributed by atoms with Crippen LogP contribution in [0.25, 0.3) is 5.95 Å². The highest BCUT2D eigenvalue weighted by Gasteiger charge is 2.34. The number of nitrogens with zero attached hydrogens (tertiary/aromatic N) is 7. The van der Waals surface area contributed by atoms with E-state index in [1.807, 2.05) is 0 Å². The second-order valence-corrected chi connectivity index (χ2v) is 5.76. The van der Waals surface area contributed by atoms with E-state index in [0.29, 0.717) is 17.9 Å². The van der Waals surface area contributed by atoms with E-state index in [2.05, 4.69) is 35.3 Å². The van der Waals surface area contributed by atoms with E-state index >= 15 is 0 Å². The standard InChI is InChI=1S/C12H15ClN8/c13-10-17-11(19-12(18-10)21-7-14-6-15-21)16-8-3-4-20(5-8)9-1-2-9/h6-9H,1-5H2,(H,16,17,18,19). The summed E-state index contributed by atoms with van der Waals surface area (Å²) in [5, 5.41) is 7.50. The van der Waals surface area contributed by atoms with Gasteiger partial charge in [0, 0.05) is 25.2 Å². The Labute approximate surface area is 126 Å². The van der Waals surface area contributed by atoms with Gasteiger partial charge in [0.1, 0.15) is 12.7 Å². The van der Waals surface area contributed by atoms with Crippen LogP contribution < -0.4 is 5.32 Å². The molecule has 21 heavy (non-hydrogen) atoms. The van der Waals surface area contributed by atoms with Gasteiger partial charge in [-0.25, -0.2) is 4.98 Å². The molecule has 1 N–H and O–H groups in total. The average Bonchev–Trinajstić information content (AvgIpc) is 2.99. The molecule has 0 aromatic carbocycles. The molecular formula is C12H15ClN8. The molecule has 2 fully saturated rings. The average molecular weight is 307 g/mol. The molecule has 1 saturated carbocycles. The number of anilines is 1. The molecule has 0 amide bonds. The van der Waals surface area contributed by atoms with Crippen LogP contribution in [-0.4, -0.2) is 59.8 Å². The summed E-state index contributed by atoms with van der Waals surface area (Å²) in [6, 6.07) is 1.15. The van der Waals surface area contributed by atoms with E-state index < -0.39 is 0 Å². The van der Waals surface area contributed by atoms with Gasteiger partial charge in [-0.15, -0.1) is 0 Å². The third-order valence-corrected chi connectivity index (χ3v) is 4.01. The number of hydrogen-bond acceptors (Lipinski definition) is 7.